The number of rotatable bonds is 5. The molecule has 1 aliphatic rings. The SMILES string of the molecule is COc1ccc(N2C(=O)NC(c3ccc(C)cc3)C(c3nc(-c4ccc(Cl)cc4)no3)=C2C)cc1. The number of nitrogens with one attached hydrogen (secondary N) is 1. The number of amides is 2. The molecule has 0 aliphatic carbocycles. The van der Waals surface area contributed by atoms with Gasteiger partial charge in [0.25, 0.3) is 5.89 Å². The first-order valence-corrected chi connectivity index (χ1v) is 11.4. The number of ether oxygens (including phenoxy) is 1. The molecule has 0 saturated heterocycles. The number of aryl methyl sites for hydroxylation is 1. The highest BCUT2D eigenvalue weighted by Gasteiger charge is 2.36. The van der Waals surface area contributed by atoms with Crippen molar-refractivity contribution in [1.82, 2.24) is 15.5 Å². The second-order valence-electron chi connectivity index (χ2n) is 8.26. The molecule has 0 spiro atoms. The number of anilines is 1. The summed E-state index contributed by atoms with van der Waals surface area (Å²) in [5.41, 5.74) is 4.92. The van der Waals surface area contributed by atoms with E-state index in [1.165, 1.54) is 0 Å². The van der Waals surface area contributed by atoms with E-state index in [0.717, 1.165) is 22.3 Å². The minimum Gasteiger partial charge on any atom is -0.497 e. The highest BCUT2D eigenvalue weighted by Crippen LogP contribution is 2.39. The molecule has 0 radical (unpaired) electrons. The van der Waals surface area contributed by atoms with Crippen LogP contribution >= 0.6 is 11.6 Å². The van der Waals surface area contributed by atoms with Gasteiger partial charge in [0.1, 0.15) is 5.75 Å². The molecule has 0 bridgehead atoms. The summed E-state index contributed by atoms with van der Waals surface area (Å²) in [5.74, 6) is 1.47. The molecule has 1 atom stereocenters. The number of methoxy groups -OCH3 is 1. The van der Waals surface area contributed by atoms with E-state index in [-0.39, 0.29) is 6.03 Å². The Morgan fingerprint density at radius 2 is 1.66 bits per heavy atom. The van der Waals surface area contributed by atoms with Gasteiger partial charge in [-0.1, -0.05) is 46.6 Å². The van der Waals surface area contributed by atoms with Crippen molar-refractivity contribution in [2.45, 2.75) is 19.9 Å². The van der Waals surface area contributed by atoms with Crippen molar-refractivity contribution in [3.63, 3.8) is 0 Å². The highest BCUT2D eigenvalue weighted by atomic mass is 35.5. The zero-order chi connectivity index (χ0) is 24.5. The Bertz CT molecular complexity index is 1390. The van der Waals surface area contributed by atoms with Gasteiger partial charge in [-0.2, -0.15) is 4.98 Å². The van der Waals surface area contributed by atoms with Crippen molar-refractivity contribution in [1.29, 1.82) is 0 Å². The van der Waals surface area contributed by atoms with Gasteiger partial charge in [0, 0.05) is 16.3 Å². The number of allylic oxidation sites excluding steroid dienone is 1. The van der Waals surface area contributed by atoms with E-state index in [1.807, 2.05) is 74.5 Å². The van der Waals surface area contributed by atoms with Crippen LogP contribution in [0.3, 0.4) is 0 Å². The minimum absolute atomic E-state index is 0.251. The van der Waals surface area contributed by atoms with Gasteiger partial charge in [0.05, 0.1) is 24.4 Å². The molecule has 3 aromatic carbocycles. The predicted octanol–water partition coefficient (Wildman–Crippen LogP) is 6.41. The van der Waals surface area contributed by atoms with Gasteiger partial charge in [0.15, 0.2) is 0 Å². The Balaban J connectivity index is 1.63. The van der Waals surface area contributed by atoms with Crippen LogP contribution in [0.2, 0.25) is 5.02 Å². The number of carbonyl (C=O) groups is 1. The summed E-state index contributed by atoms with van der Waals surface area (Å²) in [5, 5.41) is 7.94. The maximum atomic E-state index is 13.3. The fraction of sp³-hybridized carbons (Fsp3) is 0.148. The third-order valence-corrected chi connectivity index (χ3v) is 6.24. The summed E-state index contributed by atoms with van der Waals surface area (Å²) in [6.07, 6.45) is 0. The van der Waals surface area contributed by atoms with Gasteiger partial charge in [-0.15, -0.1) is 0 Å². The number of carbonyl (C=O) groups excluding carboxylic acids is 1. The summed E-state index contributed by atoms with van der Waals surface area (Å²) in [4.78, 5) is 19.6. The van der Waals surface area contributed by atoms with Crippen molar-refractivity contribution >= 4 is 28.9 Å². The number of nitrogens with zero attached hydrogens (tertiary/aromatic N) is 3. The molecule has 176 valence electrons. The summed E-state index contributed by atoms with van der Waals surface area (Å²) >= 11 is 6.02. The van der Waals surface area contributed by atoms with Gasteiger partial charge in [0.2, 0.25) is 5.82 Å². The van der Waals surface area contributed by atoms with Crippen LogP contribution < -0.4 is 15.0 Å². The summed E-state index contributed by atoms with van der Waals surface area (Å²) < 4.78 is 11.0. The average molecular weight is 487 g/mol. The first-order valence-electron chi connectivity index (χ1n) is 11.1. The fourth-order valence-electron chi connectivity index (χ4n) is 4.12. The van der Waals surface area contributed by atoms with Crippen molar-refractivity contribution in [3.8, 4) is 17.1 Å². The van der Waals surface area contributed by atoms with Crippen LogP contribution in [0.5, 0.6) is 5.75 Å². The van der Waals surface area contributed by atoms with E-state index in [1.54, 1.807) is 24.1 Å². The Hall–Kier alpha value is -4.10. The molecule has 0 saturated carbocycles. The zero-order valence-corrected chi connectivity index (χ0v) is 20.2. The monoisotopic (exact) mass is 486 g/mol. The number of benzene rings is 3. The van der Waals surface area contributed by atoms with Crippen molar-refractivity contribution in [3.05, 3.63) is 101 Å². The number of hydrogen-bond donors (Lipinski definition) is 1. The predicted molar refractivity (Wildman–Crippen MR) is 135 cm³/mol. The molecule has 1 N–H and O–H groups in total. The van der Waals surface area contributed by atoms with Crippen LogP contribution in [-0.2, 0) is 0 Å². The van der Waals surface area contributed by atoms with E-state index in [2.05, 4.69) is 15.5 Å². The van der Waals surface area contributed by atoms with Crippen LogP contribution in [0.1, 0.15) is 30.0 Å². The minimum atomic E-state index is -0.462. The third-order valence-electron chi connectivity index (χ3n) is 5.98. The van der Waals surface area contributed by atoms with Crippen LogP contribution in [0.4, 0.5) is 10.5 Å². The zero-order valence-electron chi connectivity index (χ0n) is 19.4. The Morgan fingerprint density at radius 1 is 0.971 bits per heavy atom. The van der Waals surface area contributed by atoms with Crippen LogP contribution in [0.15, 0.2) is 83.0 Å². The largest absolute Gasteiger partial charge is 0.497 e. The third kappa shape index (κ3) is 4.38. The smallest absolute Gasteiger partial charge is 0.326 e. The molecule has 1 aromatic heterocycles. The molecular formula is C27H23ClN4O3. The van der Waals surface area contributed by atoms with Gasteiger partial charge in [-0.05, 0) is 67.9 Å². The van der Waals surface area contributed by atoms with Gasteiger partial charge >= 0.3 is 6.03 Å². The maximum absolute atomic E-state index is 13.3. The van der Waals surface area contributed by atoms with Gasteiger partial charge in [-0.3, -0.25) is 4.90 Å². The Labute approximate surface area is 208 Å². The lowest BCUT2D eigenvalue weighted by atomic mass is 9.94. The van der Waals surface area contributed by atoms with Gasteiger partial charge < -0.3 is 14.6 Å². The van der Waals surface area contributed by atoms with E-state index in [4.69, 9.17) is 20.9 Å². The first kappa shape index (κ1) is 22.7. The van der Waals surface area contributed by atoms with Crippen LogP contribution in [-0.4, -0.2) is 23.3 Å². The summed E-state index contributed by atoms with van der Waals surface area (Å²) in [6.45, 7) is 3.90. The highest BCUT2D eigenvalue weighted by molar-refractivity contribution is 6.30. The topological polar surface area (TPSA) is 80.5 Å². The molecule has 8 heteroatoms. The van der Waals surface area contributed by atoms with Crippen molar-refractivity contribution < 1.29 is 14.1 Å². The molecule has 5 rings (SSSR count). The van der Waals surface area contributed by atoms with Crippen molar-refractivity contribution in [2.75, 3.05) is 12.0 Å². The molecule has 4 aromatic rings. The lowest BCUT2D eigenvalue weighted by molar-refractivity contribution is 0.244. The van der Waals surface area contributed by atoms with E-state index in [0.29, 0.717) is 33.9 Å². The fourth-order valence-corrected chi connectivity index (χ4v) is 4.25. The van der Waals surface area contributed by atoms with E-state index in [9.17, 15) is 4.79 Å². The number of halogens is 1. The molecule has 1 unspecified atom stereocenters. The normalized spacial score (nSPS) is 15.8. The van der Waals surface area contributed by atoms with Crippen LogP contribution in [0.25, 0.3) is 17.0 Å². The number of urea groups is 1. The molecule has 35 heavy (non-hydrogen) atoms. The maximum Gasteiger partial charge on any atom is 0.326 e. The lowest BCUT2D eigenvalue weighted by Gasteiger charge is -2.35. The Morgan fingerprint density at radius 3 is 2.31 bits per heavy atom. The molecular weight excluding hydrogens is 464 g/mol. The first-order chi connectivity index (χ1) is 16.9. The van der Waals surface area contributed by atoms with E-state index >= 15 is 0 Å². The molecule has 2 heterocycles. The van der Waals surface area contributed by atoms with Crippen molar-refractivity contribution in [2.24, 2.45) is 0 Å². The number of hydrogen-bond acceptors (Lipinski definition) is 5. The standard InChI is InChI=1S/C27H23ClN4O3/c1-16-4-6-18(7-5-16)24-23(26-30-25(31-35-26)19-8-10-20(28)11-9-19)17(2)32(27(33)29-24)21-12-14-22(34-3)15-13-21/h4-15,24H,1-3H3,(H,29,33). The number of aromatic nitrogens is 2. The second kappa shape index (κ2) is 9.27. The summed E-state index contributed by atoms with van der Waals surface area (Å²) in [6, 6.07) is 21.8. The average Bonchev–Trinajstić information content (AvgIpc) is 3.35. The van der Waals surface area contributed by atoms with Gasteiger partial charge in [-0.25, -0.2) is 4.79 Å². The quantitative estimate of drug-likeness (QED) is 0.352. The lowest BCUT2D eigenvalue weighted by Crippen LogP contribution is -2.46. The molecule has 1 aliphatic heterocycles. The molecule has 2 amide bonds. The van der Waals surface area contributed by atoms with E-state index < -0.39 is 6.04 Å². The second-order valence-corrected chi connectivity index (χ2v) is 8.69. The molecule has 0 fully saturated rings. The summed E-state index contributed by atoms with van der Waals surface area (Å²) in [7, 11) is 1.60. The Kier molecular flexibility index (Phi) is 6.01. The molecule has 7 nitrogen and oxygen atoms in total. The van der Waals surface area contributed by atoms with Crippen LogP contribution in [0, 0.1) is 6.92 Å².